The zero-order chi connectivity index (χ0) is 30.8. The molecule has 1 aliphatic rings. The number of anilines is 1. The molecule has 0 unspecified atom stereocenters. The molecule has 1 fully saturated rings. The zero-order valence-corrected chi connectivity index (χ0v) is 23.2. The first-order valence-electron chi connectivity index (χ1n) is 13.5. The third-order valence-electron chi connectivity index (χ3n) is 6.92. The van der Waals surface area contributed by atoms with E-state index in [9.17, 15) is 35.3 Å². The van der Waals surface area contributed by atoms with Gasteiger partial charge in [-0.15, -0.1) is 0 Å². The summed E-state index contributed by atoms with van der Waals surface area (Å²) in [6, 6.07) is 11.2. The fourth-order valence-electron chi connectivity index (χ4n) is 4.87. The number of fused-ring (bicyclic) bond motifs is 3. The molecule has 3 heterocycles. The molecule has 5 N–H and O–H groups in total. The number of ether oxygens (including phenoxy) is 3. The van der Waals surface area contributed by atoms with Crippen LogP contribution < -0.4 is 10.1 Å². The van der Waals surface area contributed by atoms with Crippen molar-refractivity contribution in [1.29, 1.82) is 0 Å². The van der Waals surface area contributed by atoms with Crippen molar-refractivity contribution in [2.24, 2.45) is 5.92 Å². The van der Waals surface area contributed by atoms with Crippen molar-refractivity contribution >= 4 is 39.5 Å². The first-order chi connectivity index (χ1) is 20.6. The largest absolute Gasteiger partial charge is 0.455 e. The second-order valence-corrected chi connectivity index (χ2v) is 10.5. The van der Waals surface area contributed by atoms with Gasteiger partial charge in [0.25, 0.3) is 0 Å². The molecule has 1 amide bonds. The van der Waals surface area contributed by atoms with Gasteiger partial charge in [0.1, 0.15) is 36.5 Å². The lowest BCUT2D eigenvalue weighted by molar-refractivity contribution is -0.387. The Balaban J connectivity index is 1.31. The van der Waals surface area contributed by atoms with E-state index >= 15 is 0 Å². The smallest absolute Gasteiger partial charge is 0.413 e. The Morgan fingerprint density at radius 1 is 1.16 bits per heavy atom. The van der Waals surface area contributed by atoms with Crippen molar-refractivity contribution in [3.63, 3.8) is 0 Å². The Morgan fingerprint density at radius 3 is 2.65 bits per heavy atom. The first-order valence-corrected chi connectivity index (χ1v) is 13.5. The molecule has 2 aromatic carbocycles. The Labute approximate surface area is 244 Å². The van der Waals surface area contributed by atoms with E-state index < -0.39 is 54.0 Å². The van der Waals surface area contributed by atoms with Gasteiger partial charge in [-0.3, -0.25) is 15.4 Å². The Kier molecular flexibility index (Phi) is 8.70. The Bertz CT molecular complexity index is 1640. The molecule has 2 aromatic heterocycles. The third-order valence-corrected chi connectivity index (χ3v) is 6.92. The molecule has 4 aromatic rings. The van der Waals surface area contributed by atoms with Crippen LogP contribution >= 0.6 is 0 Å². The van der Waals surface area contributed by atoms with Crippen LogP contribution in [0.2, 0.25) is 0 Å². The maximum atomic E-state index is 12.8. The van der Waals surface area contributed by atoms with Gasteiger partial charge in [0.2, 0.25) is 6.29 Å². The van der Waals surface area contributed by atoms with Gasteiger partial charge in [-0.1, -0.05) is 38.1 Å². The van der Waals surface area contributed by atoms with Gasteiger partial charge in [-0.2, -0.15) is 0 Å². The molecule has 0 saturated carbocycles. The average molecular weight is 598 g/mol. The Morgan fingerprint density at radius 2 is 1.93 bits per heavy atom. The summed E-state index contributed by atoms with van der Waals surface area (Å²) in [5.74, 6) is 0.237. The van der Waals surface area contributed by atoms with Crippen LogP contribution in [-0.2, 0) is 22.6 Å². The molecule has 0 radical (unpaired) electrons. The lowest BCUT2D eigenvalue weighted by Gasteiger charge is -2.39. The van der Waals surface area contributed by atoms with Gasteiger partial charge in [0.15, 0.2) is 11.6 Å². The molecule has 43 heavy (non-hydrogen) atoms. The highest BCUT2D eigenvalue weighted by Gasteiger charge is 2.45. The summed E-state index contributed by atoms with van der Waals surface area (Å²) in [5, 5.41) is 54.8. The first kappa shape index (κ1) is 30.1. The number of aliphatic hydroxyl groups excluding tert-OH is 4. The molecule has 5 atom stereocenters. The molecule has 15 nitrogen and oxygen atoms in total. The number of aliphatic hydroxyl groups is 4. The summed E-state index contributed by atoms with van der Waals surface area (Å²) in [6.07, 6.45) is -7.11. The maximum Gasteiger partial charge on any atom is 0.413 e. The van der Waals surface area contributed by atoms with Crippen LogP contribution in [0.25, 0.3) is 21.9 Å². The van der Waals surface area contributed by atoms with E-state index in [1.165, 1.54) is 12.1 Å². The van der Waals surface area contributed by atoms with E-state index in [4.69, 9.17) is 14.2 Å². The van der Waals surface area contributed by atoms with Crippen molar-refractivity contribution in [3.05, 3.63) is 64.5 Å². The second-order valence-electron chi connectivity index (χ2n) is 10.5. The summed E-state index contributed by atoms with van der Waals surface area (Å²) < 4.78 is 18.0. The van der Waals surface area contributed by atoms with Crippen molar-refractivity contribution < 1.29 is 44.4 Å². The van der Waals surface area contributed by atoms with E-state index in [1.807, 2.05) is 28.8 Å². The molecular formula is C28H31N5O10. The van der Waals surface area contributed by atoms with Crippen LogP contribution in [0.4, 0.5) is 16.3 Å². The molecule has 1 saturated heterocycles. The minimum atomic E-state index is -1.75. The predicted octanol–water partition coefficient (Wildman–Crippen LogP) is 2.08. The number of aromatic nitrogens is 3. The van der Waals surface area contributed by atoms with E-state index in [-0.39, 0.29) is 23.7 Å². The second kappa shape index (κ2) is 12.4. The molecule has 1 aliphatic heterocycles. The fourth-order valence-corrected chi connectivity index (χ4v) is 4.87. The summed E-state index contributed by atoms with van der Waals surface area (Å²) in [7, 11) is 0. The lowest BCUT2D eigenvalue weighted by atomic mass is 9.99. The van der Waals surface area contributed by atoms with Crippen molar-refractivity contribution in [2.75, 3.05) is 11.9 Å². The number of nitro groups is 1. The van der Waals surface area contributed by atoms with E-state index in [2.05, 4.69) is 29.1 Å². The topological polar surface area (TPSA) is 212 Å². The van der Waals surface area contributed by atoms with Crippen LogP contribution in [0.1, 0.15) is 19.4 Å². The number of hydrogen-bond donors (Lipinski definition) is 5. The average Bonchev–Trinajstić information content (AvgIpc) is 3.40. The monoisotopic (exact) mass is 597 g/mol. The number of nitrogens with zero attached hydrogens (tertiary/aromatic N) is 4. The van der Waals surface area contributed by atoms with Crippen LogP contribution in [0, 0.1) is 16.0 Å². The van der Waals surface area contributed by atoms with Crippen molar-refractivity contribution in [3.8, 4) is 5.75 Å². The van der Waals surface area contributed by atoms with Crippen molar-refractivity contribution in [1.82, 2.24) is 14.5 Å². The fraction of sp³-hybridized carbons (Fsp3) is 0.393. The quantitative estimate of drug-likeness (QED) is 0.139. The summed E-state index contributed by atoms with van der Waals surface area (Å²) in [5.41, 5.74) is 1.68. The van der Waals surface area contributed by atoms with Gasteiger partial charge >= 0.3 is 11.8 Å². The van der Waals surface area contributed by atoms with Crippen LogP contribution in [0.3, 0.4) is 0 Å². The number of nitro benzene ring substituents is 1. The van der Waals surface area contributed by atoms with E-state index in [1.54, 1.807) is 6.33 Å². The number of amides is 1. The van der Waals surface area contributed by atoms with E-state index in [0.29, 0.717) is 23.5 Å². The predicted molar refractivity (Wildman–Crippen MR) is 151 cm³/mol. The molecule has 0 aliphatic carbocycles. The number of carbonyl (C=O) groups is 1. The van der Waals surface area contributed by atoms with Crippen LogP contribution in [-0.4, -0.2) is 83.3 Å². The highest BCUT2D eigenvalue weighted by Crippen LogP contribution is 2.33. The number of rotatable bonds is 9. The highest BCUT2D eigenvalue weighted by atomic mass is 16.7. The minimum absolute atomic E-state index is 0.204. The van der Waals surface area contributed by atoms with E-state index in [0.717, 1.165) is 17.0 Å². The van der Waals surface area contributed by atoms with Gasteiger partial charge in [0.05, 0.1) is 28.9 Å². The lowest BCUT2D eigenvalue weighted by Crippen LogP contribution is -2.60. The number of hydrogen-bond acceptors (Lipinski definition) is 12. The zero-order valence-electron chi connectivity index (χ0n) is 23.2. The molecule has 0 bridgehead atoms. The third kappa shape index (κ3) is 6.21. The summed E-state index contributed by atoms with van der Waals surface area (Å²) >= 11 is 0. The number of nitrogens with one attached hydrogen (secondary N) is 1. The summed E-state index contributed by atoms with van der Waals surface area (Å²) in [4.78, 5) is 32.8. The van der Waals surface area contributed by atoms with Gasteiger partial charge < -0.3 is 39.2 Å². The minimum Gasteiger partial charge on any atom is -0.455 e. The van der Waals surface area contributed by atoms with Crippen molar-refractivity contribution in [2.45, 2.75) is 57.7 Å². The molecular weight excluding hydrogens is 566 g/mol. The number of pyridine rings is 1. The Hall–Kier alpha value is -4.41. The maximum absolute atomic E-state index is 12.8. The van der Waals surface area contributed by atoms with Gasteiger partial charge in [-0.25, -0.2) is 14.8 Å². The normalized spacial score (nSPS) is 22.2. The molecule has 228 valence electrons. The molecule has 5 rings (SSSR count). The molecule has 15 heteroatoms. The highest BCUT2D eigenvalue weighted by molar-refractivity contribution is 6.08. The molecule has 0 spiro atoms. The van der Waals surface area contributed by atoms with Gasteiger partial charge in [-0.05, 0) is 23.6 Å². The number of imidazole rings is 1. The summed E-state index contributed by atoms with van der Waals surface area (Å²) in [6.45, 7) is 3.86. The van der Waals surface area contributed by atoms with Gasteiger partial charge in [0, 0.05) is 18.0 Å². The SMILES string of the molecule is CC(C)Cn1cnc2c(NC(=O)OCc3ccc(O[C@H]4O[C@H](CO)[C@@H](O)[C@H](O)[C@H]4O)c([N+](=O)[O-])c3)nc3ccccc3c21. The number of para-hydroxylation sites is 1. The van der Waals surface area contributed by atoms with Crippen LogP contribution in [0.5, 0.6) is 5.75 Å². The number of carbonyl (C=O) groups excluding carboxylic acids is 1. The number of benzene rings is 2. The standard InChI is InChI=1S/C28H31N5O10/c1-14(2)10-32-13-29-21-22(32)16-5-3-4-6-17(16)30-26(21)31-28(38)41-12-15-7-8-19(18(9-15)33(39)40)42-27-25(37)24(36)23(35)20(11-34)43-27/h3-9,13-14,20,23-25,27,34-37H,10-12H2,1-2H3,(H,30,31,38)/t20-,23-,24+,25-,27+/m1/s1. The van der Waals surface area contributed by atoms with Crippen LogP contribution in [0.15, 0.2) is 48.8 Å².